The topological polar surface area (TPSA) is 84.4 Å². The van der Waals surface area contributed by atoms with Crippen LogP contribution in [0.3, 0.4) is 0 Å². The molecule has 1 aliphatic rings. The van der Waals surface area contributed by atoms with Crippen LogP contribution >= 0.6 is 11.3 Å². The second-order valence-corrected chi connectivity index (χ2v) is 7.71. The molecule has 1 aliphatic heterocycles. The number of hydrogen-bond donors (Lipinski definition) is 1. The maximum atomic E-state index is 13.2. The molecule has 3 rings (SSSR count). The Morgan fingerprint density at radius 1 is 1.31 bits per heavy atom. The van der Waals surface area contributed by atoms with E-state index in [4.69, 9.17) is 4.74 Å². The molecule has 1 fully saturated rings. The third-order valence-corrected chi connectivity index (χ3v) is 4.42. The van der Waals surface area contributed by atoms with Gasteiger partial charge in [0.1, 0.15) is 17.3 Å². The fraction of sp³-hybridized carbons (Fsp3) is 0.412. The third kappa shape index (κ3) is 4.16. The van der Waals surface area contributed by atoms with Crippen LogP contribution in [0.25, 0.3) is 11.4 Å². The number of carbonyl (C=O) groups is 2. The minimum Gasteiger partial charge on any atom is -0.444 e. The Labute approximate surface area is 154 Å². The van der Waals surface area contributed by atoms with Crippen molar-refractivity contribution in [1.82, 2.24) is 14.9 Å². The Morgan fingerprint density at radius 3 is 2.69 bits per heavy atom. The molecule has 0 aromatic carbocycles. The van der Waals surface area contributed by atoms with Crippen molar-refractivity contribution in [1.29, 1.82) is 0 Å². The minimum atomic E-state index is -0.615. The minimum absolute atomic E-state index is 0.324. The summed E-state index contributed by atoms with van der Waals surface area (Å²) in [5, 5.41) is 4.75. The first-order chi connectivity index (χ1) is 12.2. The summed E-state index contributed by atoms with van der Waals surface area (Å²) in [6.45, 7) is 5.80. The summed E-state index contributed by atoms with van der Waals surface area (Å²) in [6, 6.07) is 3.85. The molecular weight excluding hydrogens is 359 g/mol. The number of hydrogen-bond acceptors (Lipinski definition) is 6. The van der Waals surface area contributed by atoms with Crippen molar-refractivity contribution in [2.45, 2.75) is 38.8 Å². The van der Waals surface area contributed by atoms with E-state index >= 15 is 0 Å². The molecule has 2 aromatic rings. The van der Waals surface area contributed by atoms with Gasteiger partial charge in [-0.3, -0.25) is 9.69 Å². The molecule has 1 atom stereocenters. The lowest BCUT2D eigenvalue weighted by Gasteiger charge is -2.39. The van der Waals surface area contributed by atoms with E-state index in [2.05, 4.69) is 15.3 Å². The second kappa shape index (κ2) is 6.99. The van der Waals surface area contributed by atoms with Gasteiger partial charge in [-0.2, -0.15) is 4.39 Å². The zero-order valence-electron chi connectivity index (χ0n) is 14.7. The first-order valence-corrected chi connectivity index (χ1v) is 9.00. The largest absolute Gasteiger partial charge is 0.444 e. The number of thiazole rings is 1. The van der Waals surface area contributed by atoms with Gasteiger partial charge in [0, 0.05) is 11.9 Å². The predicted octanol–water partition coefficient (Wildman–Crippen LogP) is 3.29. The highest BCUT2D eigenvalue weighted by Gasteiger charge is 2.40. The summed E-state index contributed by atoms with van der Waals surface area (Å²) in [5.41, 5.74) is 0.249. The van der Waals surface area contributed by atoms with Crippen LogP contribution in [-0.4, -0.2) is 45.1 Å². The van der Waals surface area contributed by atoms with Crippen LogP contribution in [0.1, 0.15) is 27.2 Å². The molecule has 0 bridgehead atoms. The van der Waals surface area contributed by atoms with E-state index in [-0.39, 0.29) is 5.91 Å². The summed E-state index contributed by atoms with van der Waals surface area (Å²) in [7, 11) is 0. The first-order valence-electron chi connectivity index (χ1n) is 8.12. The van der Waals surface area contributed by atoms with Crippen LogP contribution in [0.15, 0.2) is 23.6 Å². The van der Waals surface area contributed by atoms with Gasteiger partial charge in [0.25, 0.3) is 0 Å². The van der Waals surface area contributed by atoms with Crippen LogP contribution in [0.2, 0.25) is 0 Å². The quantitative estimate of drug-likeness (QED) is 0.829. The SMILES string of the molecule is CC(C)(C)OC(=O)N1CCC1C(=O)Nc1nc(-c2cccc(F)n2)cs1. The highest BCUT2D eigenvalue weighted by Crippen LogP contribution is 2.26. The van der Waals surface area contributed by atoms with Crippen molar-refractivity contribution in [2.24, 2.45) is 0 Å². The fourth-order valence-corrected chi connectivity index (χ4v) is 3.09. The Kier molecular flexibility index (Phi) is 4.90. The molecule has 0 radical (unpaired) electrons. The molecule has 0 spiro atoms. The van der Waals surface area contributed by atoms with E-state index in [0.29, 0.717) is 29.5 Å². The molecule has 1 unspecified atom stereocenters. The Bertz CT molecular complexity index is 833. The molecular formula is C17H19FN4O3S. The Balaban J connectivity index is 1.63. The lowest BCUT2D eigenvalue weighted by atomic mass is 10.0. The van der Waals surface area contributed by atoms with Gasteiger partial charge < -0.3 is 10.1 Å². The number of pyridine rings is 1. The number of nitrogens with one attached hydrogen (secondary N) is 1. The predicted molar refractivity (Wildman–Crippen MR) is 95.3 cm³/mol. The van der Waals surface area contributed by atoms with E-state index in [0.717, 1.165) is 0 Å². The molecule has 9 heteroatoms. The fourth-order valence-electron chi connectivity index (χ4n) is 2.39. The zero-order valence-corrected chi connectivity index (χ0v) is 15.5. The summed E-state index contributed by atoms with van der Waals surface area (Å²) in [4.78, 5) is 33.9. The summed E-state index contributed by atoms with van der Waals surface area (Å²) in [6.07, 6.45) is 0.0575. The smallest absolute Gasteiger partial charge is 0.410 e. The van der Waals surface area contributed by atoms with Crippen molar-refractivity contribution in [3.05, 3.63) is 29.5 Å². The van der Waals surface area contributed by atoms with Crippen molar-refractivity contribution >= 4 is 28.5 Å². The van der Waals surface area contributed by atoms with Crippen LogP contribution in [0.4, 0.5) is 14.3 Å². The van der Waals surface area contributed by atoms with Crippen molar-refractivity contribution in [2.75, 3.05) is 11.9 Å². The van der Waals surface area contributed by atoms with E-state index in [9.17, 15) is 14.0 Å². The lowest BCUT2D eigenvalue weighted by molar-refractivity contribution is -0.125. The highest BCUT2D eigenvalue weighted by atomic mass is 32.1. The van der Waals surface area contributed by atoms with Crippen LogP contribution < -0.4 is 5.32 Å². The van der Waals surface area contributed by atoms with Crippen molar-refractivity contribution < 1.29 is 18.7 Å². The van der Waals surface area contributed by atoms with Crippen LogP contribution in [0.5, 0.6) is 0 Å². The summed E-state index contributed by atoms with van der Waals surface area (Å²) < 4.78 is 18.5. The number of aromatic nitrogens is 2. The molecule has 2 amide bonds. The number of halogens is 1. The Morgan fingerprint density at radius 2 is 2.08 bits per heavy atom. The van der Waals surface area contributed by atoms with Crippen molar-refractivity contribution in [3.63, 3.8) is 0 Å². The van der Waals surface area contributed by atoms with E-state index in [1.165, 1.54) is 22.3 Å². The van der Waals surface area contributed by atoms with Crippen LogP contribution in [0, 0.1) is 5.95 Å². The van der Waals surface area contributed by atoms with Gasteiger partial charge in [0.05, 0.1) is 5.69 Å². The number of likely N-dealkylation sites (tertiary alicyclic amines) is 1. The van der Waals surface area contributed by atoms with E-state index in [1.807, 2.05) is 0 Å². The number of amides is 2. The third-order valence-electron chi connectivity index (χ3n) is 3.66. The van der Waals surface area contributed by atoms with Gasteiger partial charge >= 0.3 is 6.09 Å². The molecule has 0 aliphatic carbocycles. The Hall–Kier alpha value is -2.55. The zero-order chi connectivity index (χ0) is 18.9. The average molecular weight is 378 g/mol. The molecule has 2 aromatic heterocycles. The molecule has 0 saturated carbocycles. The molecule has 138 valence electrons. The number of carbonyl (C=O) groups excluding carboxylic acids is 2. The number of ether oxygens (including phenoxy) is 1. The van der Waals surface area contributed by atoms with Crippen molar-refractivity contribution in [3.8, 4) is 11.4 Å². The van der Waals surface area contributed by atoms with E-state index in [1.54, 1.807) is 38.3 Å². The molecule has 7 nitrogen and oxygen atoms in total. The molecule has 3 heterocycles. The highest BCUT2D eigenvalue weighted by molar-refractivity contribution is 7.14. The number of rotatable bonds is 3. The summed E-state index contributed by atoms with van der Waals surface area (Å²) >= 11 is 1.21. The van der Waals surface area contributed by atoms with Gasteiger partial charge in [0.15, 0.2) is 5.13 Å². The van der Waals surface area contributed by atoms with Crippen LogP contribution in [-0.2, 0) is 9.53 Å². The molecule has 1 saturated heterocycles. The second-order valence-electron chi connectivity index (χ2n) is 6.85. The normalized spacial score (nSPS) is 16.8. The monoisotopic (exact) mass is 378 g/mol. The van der Waals surface area contributed by atoms with Gasteiger partial charge in [0.2, 0.25) is 11.9 Å². The van der Waals surface area contributed by atoms with Gasteiger partial charge in [-0.1, -0.05) is 6.07 Å². The molecule has 1 N–H and O–H groups in total. The maximum absolute atomic E-state index is 13.2. The number of nitrogens with zero attached hydrogens (tertiary/aromatic N) is 3. The van der Waals surface area contributed by atoms with Gasteiger partial charge in [-0.25, -0.2) is 14.8 Å². The summed E-state index contributed by atoms with van der Waals surface area (Å²) in [5.74, 6) is -0.918. The van der Waals surface area contributed by atoms with E-state index < -0.39 is 23.7 Å². The van der Waals surface area contributed by atoms with Gasteiger partial charge in [-0.15, -0.1) is 11.3 Å². The van der Waals surface area contributed by atoms with Gasteiger partial charge in [-0.05, 0) is 39.3 Å². The maximum Gasteiger partial charge on any atom is 0.410 e. The average Bonchev–Trinajstić information content (AvgIpc) is 2.92. The number of anilines is 1. The first kappa shape index (κ1) is 18.2. The lowest BCUT2D eigenvalue weighted by Crippen LogP contribution is -2.57. The standard InChI is InChI=1S/C17H19FN4O3S/c1-17(2,3)25-16(24)22-8-7-12(22)14(23)21-15-20-11(9-26-15)10-5-4-6-13(18)19-10/h4-6,9,12H,7-8H2,1-3H3,(H,20,21,23). The molecule has 26 heavy (non-hydrogen) atoms.